The van der Waals surface area contributed by atoms with Crippen LogP contribution in [0.5, 0.6) is 0 Å². The smallest absolute Gasteiger partial charge is 0.410 e. The molecule has 2 aliphatic heterocycles. The summed E-state index contributed by atoms with van der Waals surface area (Å²) in [7, 11) is 0. The third kappa shape index (κ3) is 5.12. The number of imide groups is 1. The van der Waals surface area contributed by atoms with Crippen LogP contribution in [0.15, 0.2) is 30.3 Å². The van der Waals surface area contributed by atoms with E-state index in [-0.39, 0.29) is 23.9 Å². The Kier molecular flexibility index (Phi) is 5.72. The molecule has 3 rings (SSSR count). The summed E-state index contributed by atoms with van der Waals surface area (Å²) in [6, 6.07) is 7.48. The highest BCUT2D eigenvalue weighted by molar-refractivity contribution is 6.01. The average Bonchev–Trinajstić information content (AvgIpc) is 2.63. The van der Waals surface area contributed by atoms with E-state index >= 15 is 0 Å². The molecule has 0 aliphatic carbocycles. The minimum atomic E-state index is -0.494. The van der Waals surface area contributed by atoms with E-state index in [9.17, 15) is 14.4 Å². The second-order valence-electron chi connectivity index (χ2n) is 8.13. The molecule has 7 nitrogen and oxygen atoms in total. The van der Waals surface area contributed by atoms with E-state index in [1.807, 2.05) is 45.0 Å². The molecule has 1 fully saturated rings. The minimum absolute atomic E-state index is 0.219. The molecule has 1 saturated heterocycles. The van der Waals surface area contributed by atoms with Gasteiger partial charge in [0.25, 0.3) is 0 Å². The molecule has 0 aromatic heterocycles. The van der Waals surface area contributed by atoms with Crippen molar-refractivity contribution in [3.63, 3.8) is 0 Å². The summed E-state index contributed by atoms with van der Waals surface area (Å²) in [6.07, 6.45) is 3.38. The van der Waals surface area contributed by atoms with Crippen LogP contribution in [-0.4, -0.2) is 47.5 Å². The second-order valence-corrected chi connectivity index (χ2v) is 8.13. The molecule has 2 heterocycles. The van der Waals surface area contributed by atoms with Gasteiger partial charge in [-0.15, -0.1) is 0 Å². The van der Waals surface area contributed by atoms with Crippen molar-refractivity contribution in [2.24, 2.45) is 0 Å². The van der Waals surface area contributed by atoms with Crippen molar-refractivity contribution >= 4 is 29.2 Å². The van der Waals surface area contributed by atoms with Gasteiger partial charge in [-0.25, -0.2) is 4.79 Å². The summed E-state index contributed by atoms with van der Waals surface area (Å²) in [4.78, 5) is 36.9. The molecule has 28 heavy (non-hydrogen) atoms. The van der Waals surface area contributed by atoms with Gasteiger partial charge < -0.3 is 15.0 Å². The Morgan fingerprint density at radius 2 is 1.89 bits per heavy atom. The van der Waals surface area contributed by atoms with Crippen LogP contribution in [0.2, 0.25) is 0 Å². The maximum atomic E-state index is 12.2. The largest absolute Gasteiger partial charge is 0.444 e. The molecule has 7 heteroatoms. The summed E-state index contributed by atoms with van der Waals surface area (Å²) >= 11 is 0. The molecule has 0 bridgehead atoms. The van der Waals surface area contributed by atoms with Gasteiger partial charge in [0.1, 0.15) is 11.6 Å². The van der Waals surface area contributed by atoms with E-state index < -0.39 is 5.60 Å². The average molecular weight is 385 g/mol. The van der Waals surface area contributed by atoms with E-state index in [1.165, 1.54) is 5.57 Å². The van der Waals surface area contributed by atoms with Gasteiger partial charge in [-0.05, 0) is 56.9 Å². The first-order chi connectivity index (χ1) is 13.2. The third-order valence-corrected chi connectivity index (χ3v) is 4.70. The molecular weight excluding hydrogens is 358 g/mol. The van der Waals surface area contributed by atoms with E-state index in [1.54, 1.807) is 4.90 Å². The highest BCUT2D eigenvalue weighted by atomic mass is 16.6. The summed E-state index contributed by atoms with van der Waals surface area (Å²) in [5, 5.41) is 5.52. The molecule has 0 radical (unpaired) electrons. The van der Waals surface area contributed by atoms with Crippen LogP contribution < -0.4 is 10.6 Å². The van der Waals surface area contributed by atoms with E-state index in [0.717, 1.165) is 17.7 Å². The predicted molar refractivity (Wildman–Crippen MR) is 107 cm³/mol. The molecule has 1 atom stereocenters. The Labute approximate surface area is 165 Å². The zero-order valence-corrected chi connectivity index (χ0v) is 16.6. The first kappa shape index (κ1) is 19.9. The van der Waals surface area contributed by atoms with Crippen molar-refractivity contribution in [3.8, 4) is 0 Å². The fraction of sp³-hybridized carbons (Fsp3) is 0.476. The molecule has 1 aromatic rings. The third-order valence-electron chi connectivity index (χ3n) is 4.70. The first-order valence-corrected chi connectivity index (χ1v) is 9.59. The number of benzene rings is 1. The molecule has 3 amide bonds. The van der Waals surface area contributed by atoms with Gasteiger partial charge in [-0.3, -0.25) is 14.9 Å². The van der Waals surface area contributed by atoms with Crippen molar-refractivity contribution in [2.75, 3.05) is 18.4 Å². The standard InChI is InChI=1S/C21H27N3O4/c1-21(2,3)28-20(27)24-12-10-15(11-13-24)14-4-6-16(7-5-14)22-17-8-9-18(25)23-19(17)26/h4-7,10,17,22H,8-9,11-13H2,1-3H3,(H,23,25,26). The Balaban J connectivity index is 1.57. The summed E-state index contributed by atoms with van der Waals surface area (Å²) in [5.74, 6) is -0.499. The number of amides is 3. The lowest BCUT2D eigenvalue weighted by molar-refractivity contribution is -0.133. The van der Waals surface area contributed by atoms with E-state index in [4.69, 9.17) is 4.74 Å². The Morgan fingerprint density at radius 1 is 1.18 bits per heavy atom. The summed E-state index contributed by atoms with van der Waals surface area (Å²) in [5.41, 5.74) is 2.63. The van der Waals surface area contributed by atoms with E-state index in [2.05, 4.69) is 16.7 Å². The topological polar surface area (TPSA) is 87.7 Å². The van der Waals surface area contributed by atoms with Crippen molar-refractivity contribution in [1.29, 1.82) is 0 Å². The van der Waals surface area contributed by atoms with Crippen LogP contribution in [0, 0.1) is 0 Å². The Hall–Kier alpha value is -2.83. The van der Waals surface area contributed by atoms with Gasteiger partial charge in [-0.1, -0.05) is 18.2 Å². The molecule has 150 valence electrons. The quantitative estimate of drug-likeness (QED) is 0.781. The van der Waals surface area contributed by atoms with Crippen molar-refractivity contribution < 1.29 is 19.1 Å². The number of carbonyl (C=O) groups excluding carboxylic acids is 3. The highest BCUT2D eigenvalue weighted by Crippen LogP contribution is 2.25. The lowest BCUT2D eigenvalue weighted by atomic mass is 9.99. The highest BCUT2D eigenvalue weighted by Gasteiger charge is 2.26. The van der Waals surface area contributed by atoms with Gasteiger partial charge in [0, 0.05) is 25.2 Å². The number of ether oxygens (including phenoxy) is 1. The van der Waals surface area contributed by atoms with Crippen LogP contribution in [0.25, 0.3) is 5.57 Å². The number of nitrogens with zero attached hydrogens (tertiary/aromatic N) is 1. The lowest BCUT2D eigenvalue weighted by Gasteiger charge is -2.29. The van der Waals surface area contributed by atoms with Gasteiger partial charge >= 0.3 is 6.09 Å². The Morgan fingerprint density at radius 3 is 2.46 bits per heavy atom. The molecule has 1 aromatic carbocycles. The first-order valence-electron chi connectivity index (χ1n) is 9.59. The predicted octanol–water partition coefficient (Wildman–Crippen LogP) is 2.93. The minimum Gasteiger partial charge on any atom is -0.444 e. The van der Waals surface area contributed by atoms with Crippen LogP contribution in [0.1, 0.15) is 45.6 Å². The zero-order valence-electron chi connectivity index (χ0n) is 16.6. The van der Waals surface area contributed by atoms with Gasteiger partial charge in [-0.2, -0.15) is 0 Å². The number of carbonyl (C=O) groups is 3. The molecule has 2 N–H and O–H groups in total. The number of hydrogen-bond acceptors (Lipinski definition) is 5. The number of rotatable bonds is 3. The fourth-order valence-corrected chi connectivity index (χ4v) is 3.24. The lowest BCUT2D eigenvalue weighted by Crippen LogP contribution is -2.47. The van der Waals surface area contributed by atoms with Crippen molar-refractivity contribution in [3.05, 3.63) is 35.9 Å². The number of nitrogens with one attached hydrogen (secondary N) is 2. The summed E-state index contributed by atoms with van der Waals surface area (Å²) in [6.45, 7) is 6.74. The van der Waals surface area contributed by atoms with Gasteiger partial charge in [0.15, 0.2) is 0 Å². The number of hydrogen-bond donors (Lipinski definition) is 2. The number of piperidine rings is 1. The fourth-order valence-electron chi connectivity index (χ4n) is 3.24. The maximum absolute atomic E-state index is 12.2. The van der Waals surface area contributed by atoms with Crippen LogP contribution in [0.3, 0.4) is 0 Å². The molecular formula is C21H27N3O4. The molecule has 0 saturated carbocycles. The van der Waals surface area contributed by atoms with Crippen LogP contribution in [0.4, 0.5) is 10.5 Å². The second kappa shape index (κ2) is 8.04. The van der Waals surface area contributed by atoms with Gasteiger partial charge in [0.05, 0.1) is 0 Å². The zero-order chi connectivity index (χ0) is 20.3. The monoisotopic (exact) mass is 385 g/mol. The normalized spacial score (nSPS) is 20.3. The molecule has 2 aliphatic rings. The molecule has 1 unspecified atom stereocenters. The van der Waals surface area contributed by atoms with Crippen LogP contribution in [-0.2, 0) is 14.3 Å². The van der Waals surface area contributed by atoms with Crippen LogP contribution >= 0.6 is 0 Å². The maximum Gasteiger partial charge on any atom is 0.410 e. The number of anilines is 1. The van der Waals surface area contributed by atoms with Gasteiger partial charge in [0.2, 0.25) is 11.8 Å². The van der Waals surface area contributed by atoms with Crippen molar-refractivity contribution in [1.82, 2.24) is 10.2 Å². The SMILES string of the molecule is CC(C)(C)OC(=O)N1CC=C(c2ccc(NC3CCC(=O)NC3=O)cc2)CC1. The Bertz CT molecular complexity index is 793. The van der Waals surface area contributed by atoms with E-state index in [0.29, 0.717) is 25.9 Å². The summed E-state index contributed by atoms with van der Waals surface area (Å²) < 4.78 is 5.42. The van der Waals surface area contributed by atoms with Crippen molar-refractivity contribution in [2.45, 2.75) is 51.7 Å². The molecule has 0 spiro atoms.